The summed E-state index contributed by atoms with van der Waals surface area (Å²) in [6, 6.07) is 16.5. The lowest BCUT2D eigenvalue weighted by Gasteiger charge is -2.08. The van der Waals surface area contributed by atoms with Crippen molar-refractivity contribution in [2.45, 2.75) is 0 Å². The largest absolute Gasteiger partial charge is 0.319 e. The second-order valence-corrected chi connectivity index (χ2v) is 7.27. The topological polar surface area (TPSA) is 85.1 Å². The zero-order valence-electron chi connectivity index (χ0n) is 15.3. The predicted octanol–water partition coefficient (Wildman–Crippen LogP) is 4.34. The maximum Gasteiger partial charge on any atom is 0.293 e. The van der Waals surface area contributed by atoms with Crippen molar-refractivity contribution < 1.29 is 4.39 Å². The Morgan fingerprint density at radius 1 is 0.967 bits per heavy atom. The maximum absolute atomic E-state index is 13.3. The number of fused-ring (bicyclic) bond motifs is 3. The Morgan fingerprint density at radius 3 is 2.63 bits per heavy atom. The van der Waals surface area contributed by atoms with E-state index in [1.54, 1.807) is 30.3 Å². The van der Waals surface area contributed by atoms with Gasteiger partial charge in [-0.2, -0.15) is 4.52 Å². The fourth-order valence-electron chi connectivity index (χ4n) is 3.08. The third-order valence-electron chi connectivity index (χ3n) is 4.48. The van der Waals surface area contributed by atoms with Gasteiger partial charge in [0, 0.05) is 16.2 Å². The molecule has 0 amide bonds. The monoisotopic (exact) mass is 462 g/mol. The van der Waals surface area contributed by atoms with Crippen molar-refractivity contribution in [3.05, 3.63) is 87.5 Å². The van der Waals surface area contributed by atoms with Crippen molar-refractivity contribution in [1.82, 2.24) is 24.6 Å². The molecule has 0 fully saturated rings. The zero-order valence-corrected chi connectivity index (χ0v) is 16.8. The molecule has 0 radical (unpaired) electrons. The van der Waals surface area contributed by atoms with Gasteiger partial charge in [0.25, 0.3) is 5.56 Å². The van der Waals surface area contributed by atoms with Gasteiger partial charge in [0.2, 0.25) is 5.95 Å². The number of aromatic nitrogens is 5. The van der Waals surface area contributed by atoms with Gasteiger partial charge < -0.3 is 5.32 Å². The van der Waals surface area contributed by atoms with Crippen molar-refractivity contribution >= 4 is 44.1 Å². The summed E-state index contributed by atoms with van der Waals surface area (Å²) in [6.45, 7) is 0. The summed E-state index contributed by atoms with van der Waals surface area (Å²) >= 11 is 3.55. The van der Waals surface area contributed by atoms with Gasteiger partial charge in [-0.1, -0.05) is 12.1 Å². The number of hydrogen-bond donors (Lipinski definition) is 1. The van der Waals surface area contributed by atoms with Crippen LogP contribution in [0.1, 0.15) is 0 Å². The van der Waals surface area contributed by atoms with Crippen molar-refractivity contribution in [2.75, 3.05) is 5.32 Å². The second-order valence-electron chi connectivity index (χ2n) is 6.42. The number of benzene rings is 2. The fraction of sp³-hybridized carbons (Fsp3) is 0. The fourth-order valence-corrected chi connectivity index (χ4v) is 3.61. The first-order valence-electron chi connectivity index (χ1n) is 8.93. The van der Waals surface area contributed by atoms with Crippen LogP contribution in [-0.4, -0.2) is 24.6 Å². The Bertz CT molecular complexity index is 1470. The average Bonchev–Trinajstić information content (AvgIpc) is 3.08. The molecule has 5 rings (SSSR count). The van der Waals surface area contributed by atoms with E-state index in [1.807, 2.05) is 18.2 Å². The number of anilines is 2. The average molecular weight is 463 g/mol. The summed E-state index contributed by atoms with van der Waals surface area (Å²) < 4.78 is 15.7. The minimum absolute atomic E-state index is 0.252. The Labute approximate surface area is 177 Å². The first kappa shape index (κ1) is 18.3. The minimum Gasteiger partial charge on any atom is -0.319 e. The highest BCUT2D eigenvalue weighted by Crippen LogP contribution is 2.30. The molecule has 1 N–H and O–H groups in total. The third kappa shape index (κ3) is 3.18. The Kier molecular flexibility index (Phi) is 4.44. The van der Waals surface area contributed by atoms with Crippen LogP contribution in [0.3, 0.4) is 0 Å². The van der Waals surface area contributed by atoms with Crippen LogP contribution < -0.4 is 10.9 Å². The van der Waals surface area contributed by atoms with Crippen LogP contribution in [0.4, 0.5) is 16.0 Å². The summed E-state index contributed by atoms with van der Waals surface area (Å²) in [6.07, 6.45) is 1.43. The van der Waals surface area contributed by atoms with Crippen LogP contribution >= 0.6 is 15.9 Å². The van der Waals surface area contributed by atoms with E-state index < -0.39 is 5.56 Å². The lowest BCUT2D eigenvalue weighted by Crippen LogP contribution is -2.11. The van der Waals surface area contributed by atoms with Crippen LogP contribution in [0, 0.1) is 5.82 Å². The van der Waals surface area contributed by atoms with Crippen LogP contribution in [0.5, 0.6) is 0 Å². The first-order valence-corrected chi connectivity index (χ1v) is 9.73. The Morgan fingerprint density at radius 2 is 1.80 bits per heavy atom. The number of nitrogens with one attached hydrogen (secondary N) is 1. The van der Waals surface area contributed by atoms with Gasteiger partial charge in [-0.25, -0.2) is 19.3 Å². The van der Waals surface area contributed by atoms with Crippen molar-refractivity contribution in [2.24, 2.45) is 0 Å². The highest BCUT2D eigenvalue weighted by molar-refractivity contribution is 9.10. The zero-order chi connectivity index (χ0) is 20.7. The normalized spacial score (nSPS) is 11.1. The molecular weight excluding hydrogens is 451 g/mol. The molecule has 5 aromatic rings. The standard InChI is InChI=1S/C21H12BrFN6O/c22-14-4-3-6-15-17(14)19-27-18(12-7-9-13(23)10-8-12)28-29(19)21(25-15)26-16-5-1-2-11-24-20(16)30/h1-11H,(H,24,25,26,30). The Balaban J connectivity index is 1.78. The quantitative estimate of drug-likeness (QED) is 0.429. The van der Waals surface area contributed by atoms with Crippen molar-refractivity contribution in [1.29, 1.82) is 0 Å². The second kappa shape index (κ2) is 7.27. The Hall–Kier alpha value is -3.72. The molecular formula is C21H12BrFN6O. The van der Waals surface area contributed by atoms with E-state index in [0.717, 1.165) is 9.86 Å². The van der Waals surface area contributed by atoms with Crippen LogP contribution in [-0.2, 0) is 0 Å². The maximum atomic E-state index is 13.3. The smallest absolute Gasteiger partial charge is 0.293 e. The molecule has 0 spiro atoms. The van der Waals surface area contributed by atoms with Gasteiger partial charge in [0.15, 0.2) is 11.5 Å². The molecule has 0 saturated carbocycles. The molecule has 0 aliphatic rings. The summed E-state index contributed by atoms with van der Waals surface area (Å²) in [4.78, 5) is 25.4. The molecule has 0 aliphatic carbocycles. The number of halogens is 2. The van der Waals surface area contributed by atoms with E-state index in [1.165, 1.54) is 22.8 Å². The summed E-state index contributed by atoms with van der Waals surface area (Å²) in [5.74, 6) is 0.371. The van der Waals surface area contributed by atoms with Gasteiger partial charge in [0.05, 0.1) is 10.9 Å². The molecule has 7 nitrogen and oxygen atoms in total. The van der Waals surface area contributed by atoms with Gasteiger partial charge in [-0.05, 0) is 64.5 Å². The molecule has 2 aromatic carbocycles. The van der Waals surface area contributed by atoms with Gasteiger partial charge >= 0.3 is 0 Å². The molecule has 0 bridgehead atoms. The molecule has 146 valence electrons. The van der Waals surface area contributed by atoms with Gasteiger partial charge in [0.1, 0.15) is 11.5 Å². The highest BCUT2D eigenvalue weighted by Gasteiger charge is 2.17. The minimum atomic E-state index is -0.428. The van der Waals surface area contributed by atoms with E-state index >= 15 is 0 Å². The number of nitrogens with zero attached hydrogens (tertiary/aromatic N) is 5. The lowest BCUT2D eigenvalue weighted by atomic mass is 10.2. The highest BCUT2D eigenvalue weighted by atomic mass is 79.9. The molecule has 3 aromatic heterocycles. The molecule has 0 saturated heterocycles. The molecule has 0 aliphatic heterocycles. The van der Waals surface area contributed by atoms with Gasteiger partial charge in [-0.3, -0.25) is 4.79 Å². The predicted molar refractivity (Wildman–Crippen MR) is 115 cm³/mol. The molecule has 9 heteroatoms. The van der Waals surface area contributed by atoms with E-state index in [4.69, 9.17) is 0 Å². The van der Waals surface area contributed by atoms with Crippen LogP contribution in [0.25, 0.3) is 27.9 Å². The van der Waals surface area contributed by atoms with E-state index in [2.05, 4.69) is 41.3 Å². The molecule has 30 heavy (non-hydrogen) atoms. The van der Waals surface area contributed by atoms with Crippen molar-refractivity contribution in [3.63, 3.8) is 0 Å². The number of hydrogen-bond acceptors (Lipinski definition) is 6. The van der Waals surface area contributed by atoms with Gasteiger partial charge in [-0.15, -0.1) is 5.10 Å². The summed E-state index contributed by atoms with van der Waals surface area (Å²) in [5, 5.41) is 8.35. The summed E-state index contributed by atoms with van der Waals surface area (Å²) in [7, 11) is 0. The molecule has 3 heterocycles. The van der Waals surface area contributed by atoms with Crippen LogP contribution in [0.2, 0.25) is 0 Å². The number of rotatable bonds is 3. The van der Waals surface area contributed by atoms with E-state index in [-0.39, 0.29) is 11.5 Å². The van der Waals surface area contributed by atoms with E-state index in [0.29, 0.717) is 28.5 Å². The van der Waals surface area contributed by atoms with Crippen molar-refractivity contribution in [3.8, 4) is 11.4 Å². The van der Waals surface area contributed by atoms with E-state index in [9.17, 15) is 9.18 Å². The lowest BCUT2D eigenvalue weighted by molar-refractivity contribution is 0.628. The third-order valence-corrected chi connectivity index (χ3v) is 5.14. The first-order chi connectivity index (χ1) is 14.6. The SMILES string of the molecule is O=c1nccccc1Nc1nc2cccc(Br)c2c2nc(-c3ccc(F)cc3)nn12. The molecule has 0 atom stereocenters. The van der Waals surface area contributed by atoms with Crippen LogP contribution in [0.15, 0.2) is 76.1 Å². The molecule has 0 unspecified atom stereocenters. The summed E-state index contributed by atoms with van der Waals surface area (Å²) in [5.41, 5.74) is 1.68.